The van der Waals surface area contributed by atoms with E-state index in [4.69, 9.17) is 14.3 Å². The SMILES string of the molecule is [O-][N+]12[C]C(S)C(Cc3ccc4c(c3)OCO4)C1(S)O2. The molecule has 1 aromatic carbocycles. The molecule has 2 saturated heterocycles. The highest BCUT2D eigenvalue weighted by Crippen LogP contribution is 2.62. The fourth-order valence-corrected chi connectivity index (χ4v) is 3.60. The van der Waals surface area contributed by atoms with E-state index in [1.165, 1.54) is 0 Å². The third-order valence-corrected chi connectivity index (χ3v) is 4.86. The average Bonchev–Trinajstić information content (AvgIpc) is 2.71. The lowest BCUT2D eigenvalue weighted by molar-refractivity contribution is -0.841. The van der Waals surface area contributed by atoms with E-state index in [9.17, 15) is 5.21 Å². The molecule has 4 rings (SSSR count). The van der Waals surface area contributed by atoms with Crippen molar-refractivity contribution < 1.29 is 19.1 Å². The molecule has 5 nitrogen and oxygen atoms in total. The zero-order valence-electron chi connectivity index (χ0n) is 9.78. The Labute approximate surface area is 121 Å². The molecule has 0 N–H and O–H groups in total. The first kappa shape index (κ1) is 12.2. The highest BCUT2D eigenvalue weighted by atomic mass is 32.1. The monoisotopic (exact) mass is 297 g/mol. The van der Waals surface area contributed by atoms with Crippen molar-refractivity contribution in [1.82, 2.24) is 0 Å². The Hall–Kier alpha value is -0.600. The molecule has 2 radical (unpaired) electrons. The summed E-state index contributed by atoms with van der Waals surface area (Å²) in [5, 5.41) is 10.6. The number of hydroxylamine groups is 4. The highest BCUT2D eigenvalue weighted by Gasteiger charge is 2.79. The smallest absolute Gasteiger partial charge is 0.333 e. The standard InChI is InChI=1S/C12H11NO4S2/c14-13-5-11(18)8(12(13,19)17-13)3-7-1-2-9-10(4-7)16-6-15-9/h1-2,4,8,11,18-19H,3,6H2. The topological polar surface area (TPSA) is 54.0 Å². The van der Waals surface area contributed by atoms with Crippen molar-refractivity contribution in [2.24, 2.45) is 5.92 Å². The molecule has 2 fully saturated rings. The maximum absolute atomic E-state index is 11.9. The fraction of sp³-hybridized carbons (Fsp3) is 0.417. The molecular weight excluding hydrogens is 286 g/mol. The number of nitrogens with zero attached hydrogens (tertiary/aromatic N) is 1. The molecule has 4 unspecified atom stereocenters. The molecule has 3 aliphatic rings. The van der Waals surface area contributed by atoms with Crippen LogP contribution in [0.15, 0.2) is 18.2 Å². The lowest BCUT2D eigenvalue weighted by atomic mass is 9.96. The highest BCUT2D eigenvalue weighted by molar-refractivity contribution is 7.82. The van der Waals surface area contributed by atoms with Crippen molar-refractivity contribution in [3.63, 3.8) is 0 Å². The van der Waals surface area contributed by atoms with Crippen LogP contribution in [0.3, 0.4) is 0 Å². The first-order valence-electron chi connectivity index (χ1n) is 5.89. The molecule has 3 heterocycles. The number of quaternary nitrogens is 1. The van der Waals surface area contributed by atoms with Gasteiger partial charge in [-0.1, -0.05) is 18.7 Å². The largest absolute Gasteiger partial charge is 0.594 e. The summed E-state index contributed by atoms with van der Waals surface area (Å²) in [4.78, 5) is 4.17. The summed E-state index contributed by atoms with van der Waals surface area (Å²) in [5.74, 6) is 1.34. The number of benzene rings is 1. The fourth-order valence-electron chi connectivity index (χ4n) is 2.61. The van der Waals surface area contributed by atoms with E-state index in [0.29, 0.717) is 6.42 Å². The molecular formula is C12H11NO4S2. The maximum atomic E-state index is 11.9. The molecule has 1 aromatic rings. The van der Waals surface area contributed by atoms with Gasteiger partial charge in [-0.05, 0) is 24.1 Å². The lowest BCUT2D eigenvalue weighted by Gasteiger charge is -2.13. The van der Waals surface area contributed by atoms with Crippen LogP contribution in [-0.2, 0) is 11.3 Å². The first-order valence-corrected chi connectivity index (χ1v) is 6.86. The van der Waals surface area contributed by atoms with Gasteiger partial charge in [-0.2, -0.15) is 12.6 Å². The van der Waals surface area contributed by atoms with E-state index in [-0.39, 0.29) is 18.0 Å². The second-order valence-electron chi connectivity index (χ2n) is 4.87. The Morgan fingerprint density at radius 2 is 2.21 bits per heavy atom. The summed E-state index contributed by atoms with van der Waals surface area (Å²) in [6.45, 7) is 2.97. The van der Waals surface area contributed by atoms with Crippen LogP contribution in [0, 0.1) is 17.7 Å². The van der Waals surface area contributed by atoms with Gasteiger partial charge in [-0.25, -0.2) is 0 Å². The number of ether oxygens (including phenoxy) is 2. The van der Waals surface area contributed by atoms with Crippen molar-refractivity contribution in [3.05, 3.63) is 35.5 Å². The molecule has 0 aromatic heterocycles. The van der Waals surface area contributed by atoms with Gasteiger partial charge in [-0.3, -0.25) is 0 Å². The molecule has 7 heteroatoms. The Morgan fingerprint density at radius 1 is 1.42 bits per heavy atom. The minimum atomic E-state index is -1.04. The quantitative estimate of drug-likeness (QED) is 0.378. The zero-order chi connectivity index (χ0) is 13.3. The molecule has 0 amide bonds. The van der Waals surface area contributed by atoms with Crippen LogP contribution in [0.1, 0.15) is 5.56 Å². The average molecular weight is 297 g/mol. The van der Waals surface area contributed by atoms with Crippen molar-refractivity contribution in [1.29, 1.82) is 0 Å². The normalized spacial score (nSPS) is 42.3. The Morgan fingerprint density at radius 3 is 2.95 bits per heavy atom. The van der Waals surface area contributed by atoms with Gasteiger partial charge in [0.15, 0.2) is 11.5 Å². The summed E-state index contributed by atoms with van der Waals surface area (Å²) in [7, 11) is 0. The van der Waals surface area contributed by atoms with E-state index in [1.54, 1.807) is 0 Å². The second kappa shape index (κ2) is 3.73. The van der Waals surface area contributed by atoms with E-state index in [1.807, 2.05) is 18.2 Å². The third-order valence-electron chi connectivity index (χ3n) is 3.71. The first-order chi connectivity index (χ1) is 9.02. The van der Waals surface area contributed by atoms with Crippen molar-refractivity contribution in [3.8, 4) is 11.5 Å². The van der Waals surface area contributed by atoms with Crippen molar-refractivity contribution in [2.75, 3.05) is 6.79 Å². The predicted octanol–water partition coefficient (Wildman–Crippen LogP) is 1.77. The molecule has 0 bridgehead atoms. The Kier molecular flexibility index (Phi) is 2.39. The number of hydrogen-bond acceptors (Lipinski definition) is 6. The van der Waals surface area contributed by atoms with Crippen molar-refractivity contribution in [2.45, 2.75) is 16.7 Å². The summed E-state index contributed by atoms with van der Waals surface area (Å²) in [6, 6.07) is 5.73. The van der Waals surface area contributed by atoms with Gasteiger partial charge in [-0.15, -0.1) is 9.65 Å². The molecule has 100 valence electrons. The van der Waals surface area contributed by atoms with Crippen LogP contribution < -0.4 is 9.47 Å². The van der Waals surface area contributed by atoms with E-state index in [0.717, 1.165) is 17.1 Å². The molecule has 3 aliphatic heterocycles. The lowest BCUT2D eigenvalue weighted by Crippen LogP contribution is -2.25. The minimum absolute atomic E-state index is 0.128. The van der Waals surface area contributed by atoms with Gasteiger partial charge in [0.05, 0.1) is 11.2 Å². The van der Waals surface area contributed by atoms with Crippen LogP contribution in [0.5, 0.6) is 11.5 Å². The van der Waals surface area contributed by atoms with Crippen LogP contribution in [0.4, 0.5) is 0 Å². The number of rotatable bonds is 2. The summed E-state index contributed by atoms with van der Waals surface area (Å²) >= 11 is 8.73. The van der Waals surface area contributed by atoms with Crippen molar-refractivity contribution >= 4 is 25.3 Å². The third kappa shape index (κ3) is 1.62. The number of fused-ring (bicyclic) bond motifs is 2. The van der Waals surface area contributed by atoms with E-state index in [2.05, 4.69) is 31.8 Å². The van der Waals surface area contributed by atoms with Gasteiger partial charge < -0.3 is 14.7 Å². The van der Waals surface area contributed by atoms with Gasteiger partial charge in [0.2, 0.25) is 6.79 Å². The minimum Gasteiger partial charge on any atom is -0.594 e. The van der Waals surface area contributed by atoms with Crippen LogP contribution in [-0.4, -0.2) is 21.9 Å². The summed E-state index contributed by atoms with van der Waals surface area (Å²) in [6.07, 6.45) is 0.629. The van der Waals surface area contributed by atoms with Gasteiger partial charge in [0.1, 0.15) is 0 Å². The molecule has 0 spiro atoms. The van der Waals surface area contributed by atoms with Crippen LogP contribution in [0.25, 0.3) is 0 Å². The second-order valence-corrected chi connectivity index (χ2v) is 6.07. The predicted molar refractivity (Wildman–Crippen MR) is 72.2 cm³/mol. The van der Waals surface area contributed by atoms with Crippen LogP contribution in [0.2, 0.25) is 0 Å². The Balaban J connectivity index is 1.59. The number of thiol groups is 2. The summed E-state index contributed by atoms with van der Waals surface area (Å²) < 4.78 is 10.6. The molecule has 0 aliphatic carbocycles. The van der Waals surface area contributed by atoms with Gasteiger partial charge in [0, 0.05) is 0 Å². The van der Waals surface area contributed by atoms with Gasteiger partial charge in [0.25, 0.3) is 6.54 Å². The van der Waals surface area contributed by atoms with E-state index < -0.39 is 9.87 Å². The molecule has 4 atom stereocenters. The van der Waals surface area contributed by atoms with Crippen LogP contribution >= 0.6 is 25.3 Å². The number of hydrogen-bond donors (Lipinski definition) is 2. The maximum Gasteiger partial charge on any atom is 0.333 e. The molecule has 0 saturated carbocycles. The van der Waals surface area contributed by atoms with E-state index >= 15 is 0 Å². The summed E-state index contributed by atoms with van der Waals surface area (Å²) in [5.41, 5.74) is 1.03. The zero-order valence-corrected chi connectivity index (χ0v) is 11.6. The van der Waals surface area contributed by atoms with Gasteiger partial charge >= 0.3 is 5.06 Å². The Bertz CT molecular complexity index is 557. The molecule has 19 heavy (non-hydrogen) atoms.